The van der Waals surface area contributed by atoms with E-state index < -0.39 is 0 Å². The van der Waals surface area contributed by atoms with Gasteiger partial charge in [0.25, 0.3) is 0 Å². The molecular weight excluding hydrogens is 263 g/mol. The van der Waals surface area contributed by atoms with Gasteiger partial charge in [-0.25, -0.2) is 4.39 Å². The number of fused-ring (bicyclic) bond motifs is 1. The highest BCUT2D eigenvalue weighted by atomic mass is 32.1. The summed E-state index contributed by atoms with van der Waals surface area (Å²) in [6.07, 6.45) is 0. The summed E-state index contributed by atoms with van der Waals surface area (Å²) >= 11 is 1.60. The number of benzene rings is 1. The lowest BCUT2D eigenvalue weighted by atomic mass is 10.1. The summed E-state index contributed by atoms with van der Waals surface area (Å²) in [6, 6.07) is 5.25. The summed E-state index contributed by atoms with van der Waals surface area (Å²) in [6.45, 7) is 4.53. The Morgan fingerprint density at radius 2 is 2.11 bits per heavy atom. The second-order valence-corrected chi connectivity index (χ2v) is 5.85. The Labute approximate surface area is 115 Å². The van der Waals surface area contributed by atoms with E-state index in [2.05, 4.69) is 4.90 Å². The van der Waals surface area contributed by atoms with Crippen LogP contribution in [-0.4, -0.2) is 31.2 Å². The topological polar surface area (TPSA) is 38.5 Å². The normalized spacial score (nSPS) is 17.2. The van der Waals surface area contributed by atoms with Gasteiger partial charge in [-0.2, -0.15) is 0 Å². The Balaban J connectivity index is 2.00. The maximum atomic E-state index is 14.1. The number of thiophene rings is 1. The van der Waals surface area contributed by atoms with E-state index in [1.807, 2.05) is 6.07 Å². The summed E-state index contributed by atoms with van der Waals surface area (Å²) < 4.78 is 20.4. The Morgan fingerprint density at radius 3 is 2.84 bits per heavy atom. The minimum absolute atomic E-state index is 0.142. The SMILES string of the molecule is NCc1sc2cccc(F)c2c1CN1CCOCC1. The number of ether oxygens (including phenoxy) is 1. The maximum absolute atomic E-state index is 14.1. The van der Waals surface area contributed by atoms with Crippen LogP contribution in [0.4, 0.5) is 4.39 Å². The first-order chi connectivity index (χ1) is 9.29. The first kappa shape index (κ1) is 13.0. The first-order valence-electron chi connectivity index (χ1n) is 6.48. The summed E-state index contributed by atoms with van der Waals surface area (Å²) in [5.41, 5.74) is 6.87. The lowest BCUT2D eigenvalue weighted by molar-refractivity contribution is 0.0343. The van der Waals surface area contributed by atoms with Crippen molar-refractivity contribution in [2.24, 2.45) is 5.73 Å². The minimum Gasteiger partial charge on any atom is -0.379 e. The quantitative estimate of drug-likeness (QED) is 0.938. The Hall–Kier alpha value is -1.01. The van der Waals surface area contributed by atoms with Crippen molar-refractivity contribution in [1.29, 1.82) is 0 Å². The van der Waals surface area contributed by atoms with Gasteiger partial charge in [0.1, 0.15) is 5.82 Å². The smallest absolute Gasteiger partial charge is 0.132 e. The zero-order valence-corrected chi connectivity index (χ0v) is 11.5. The number of nitrogens with zero attached hydrogens (tertiary/aromatic N) is 1. The highest BCUT2D eigenvalue weighted by molar-refractivity contribution is 7.19. The van der Waals surface area contributed by atoms with E-state index in [-0.39, 0.29) is 5.82 Å². The van der Waals surface area contributed by atoms with Crippen LogP contribution in [0.25, 0.3) is 10.1 Å². The zero-order chi connectivity index (χ0) is 13.2. The van der Waals surface area contributed by atoms with Crippen LogP contribution in [0.2, 0.25) is 0 Å². The van der Waals surface area contributed by atoms with Gasteiger partial charge in [0.15, 0.2) is 0 Å². The van der Waals surface area contributed by atoms with Crippen LogP contribution in [0.5, 0.6) is 0 Å². The minimum atomic E-state index is -0.142. The fourth-order valence-corrected chi connectivity index (χ4v) is 3.64. The van der Waals surface area contributed by atoms with E-state index in [1.165, 1.54) is 6.07 Å². The van der Waals surface area contributed by atoms with E-state index in [1.54, 1.807) is 17.4 Å². The van der Waals surface area contributed by atoms with Crippen molar-refractivity contribution >= 4 is 21.4 Å². The second kappa shape index (κ2) is 5.54. The van der Waals surface area contributed by atoms with Crippen LogP contribution >= 0.6 is 11.3 Å². The molecule has 2 aromatic rings. The molecule has 0 amide bonds. The molecule has 3 rings (SSSR count). The number of halogens is 1. The van der Waals surface area contributed by atoms with Crippen molar-refractivity contribution in [3.8, 4) is 0 Å². The third kappa shape index (κ3) is 2.51. The molecule has 0 aliphatic carbocycles. The summed E-state index contributed by atoms with van der Waals surface area (Å²) in [5, 5.41) is 0.749. The largest absolute Gasteiger partial charge is 0.379 e. The molecule has 19 heavy (non-hydrogen) atoms. The van der Waals surface area contributed by atoms with Gasteiger partial charge in [-0.15, -0.1) is 11.3 Å². The maximum Gasteiger partial charge on any atom is 0.132 e. The molecule has 1 aromatic carbocycles. The monoisotopic (exact) mass is 280 g/mol. The first-order valence-corrected chi connectivity index (χ1v) is 7.30. The molecule has 0 saturated carbocycles. The molecule has 102 valence electrons. The highest BCUT2D eigenvalue weighted by Crippen LogP contribution is 2.33. The average Bonchev–Trinajstić information content (AvgIpc) is 2.79. The predicted molar refractivity (Wildman–Crippen MR) is 75.8 cm³/mol. The molecule has 0 bridgehead atoms. The summed E-state index contributed by atoms with van der Waals surface area (Å²) in [7, 11) is 0. The molecule has 0 spiro atoms. The highest BCUT2D eigenvalue weighted by Gasteiger charge is 2.18. The van der Waals surface area contributed by atoms with Crippen LogP contribution in [0, 0.1) is 5.82 Å². The standard InChI is InChI=1S/C14H17FN2OS/c15-11-2-1-3-12-14(11)10(13(8-16)19-12)9-17-4-6-18-7-5-17/h1-3H,4-9,16H2. The lowest BCUT2D eigenvalue weighted by Crippen LogP contribution is -2.35. The fraction of sp³-hybridized carbons (Fsp3) is 0.429. The van der Waals surface area contributed by atoms with Gasteiger partial charge < -0.3 is 10.5 Å². The number of nitrogens with two attached hydrogens (primary N) is 1. The van der Waals surface area contributed by atoms with Gasteiger partial charge >= 0.3 is 0 Å². The van der Waals surface area contributed by atoms with Crippen molar-refractivity contribution in [3.05, 3.63) is 34.5 Å². The molecule has 1 aliphatic rings. The van der Waals surface area contributed by atoms with Crippen LogP contribution in [-0.2, 0) is 17.8 Å². The van der Waals surface area contributed by atoms with Crippen LogP contribution in [0.3, 0.4) is 0 Å². The molecule has 1 fully saturated rings. The molecule has 1 aliphatic heterocycles. The van der Waals surface area contributed by atoms with E-state index in [0.717, 1.165) is 53.4 Å². The molecule has 1 aromatic heterocycles. The fourth-order valence-electron chi connectivity index (χ4n) is 2.53. The van der Waals surface area contributed by atoms with E-state index in [9.17, 15) is 4.39 Å². The van der Waals surface area contributed by atoms with Crippen LogP contribution in [0.15, 0.2) is 18.2 Å². The van der Waals surface area contributed by atoms with Crippen LogP contribution in [0.1, 0.15) is 10.4 Å². The van der Waals surface area contributed by atoms with Gasteiger partial charge in [0.2, 0.25) is 0 Å². The van der Waals surface area contributed by atoms with Crippen molar-refractivity contribution in [1.82, 2.24) is 4.90 Å². The summed E-state index contributed by atoms with van der Waals surface area (Å²) in [5.74, 6) is -0.142. The number of morpholine rings is 1. The van der Waals surface area contributed by atoms with Crippen LogP contribution < -0.4 is 5.73 Å². The van der Waals surface area contributed by atoms with Crippen molar-refractivity contribution < 1.29 is 9.13 Å². The van der Waals surface area contributed by atoms with Gasteiger partial charge in [-0.1, -0.05) is 6.07 Å². The molecule has 1 saturated heterocycles. The third-order valence-corrected chi connectivity index (χ3v) is 4.74. The van der Waals surface area contributed by atoms with E-state index >= 15 is 0 Å². The van der Waals surface area contributed by atoms with Gasteiger partial charge in [-0.05, 0) is 17.7 Å². The Kier molecular flexibility index (Phi) is 3.79. The van der Waals surface area contributed by atoms with Crippen molar-refractivity contribution in [2.45, 2.75) is 13.1 Å². The molecule has 0 radical (unpaired) electrons. The van der Waals surface area contributed by atoms with Gasteiger partial charge in [0.05, 0.1) is 13.2 Å². The van der Waals surface area contributed by atoms with Crippen molar-refractivity contribution in [3.63, 3.8) is 0 Å². The predicted octanol–water partition coefficient (Wildman–Crippen LogP) is 2.33. The van der Waals surface area contributed by atoms with Crippen molar-refractivity contribution in [2.75, 3.05) is 26.3 Å². The molecule has 2 heterocycles. The molecule has 2 N–H and O–H groups in total. The van der Waals surface area contributed by atoms with Gasteiger partial charge in [-0.3, -0.25) is 4.90 Å². The Bertz CT molecular complexity index is 578. The molecule has 3 nitrogen and oxygen atoms in total. The summed E-state index contributed by atoms with van der Waals surface area (Å²) in [4.78, 5) is 3.39. The zero-order valence-electron chi connectivity index (χ0n) is 10.7. The number of rotatable bonds is 3. The molecule has 0 unspecified atom stereocenters. The molecular formula is C14H17FN2OS. The third-order valence-electron chi connectivity index (χ3n) is 3.52. The Morgan fingerprint density at radius 1 is 1.32 bits per heavy atom. The van der Waals surface area contributed by atoms with Gasteiger partial charge in [0, 0.05) is 41.1 Å². The number of hydrogen-bond acceptors (Lipinski definition) is 4. The lowest BCUT2D eigenvalue weighted by Gasteiger charge is -2.26. The average molecular weight is 280 g/mol. The second-order valence-electron chi connectivity index (χ2n) is 4.71. The van der Waals surface area contributed by atoms with E-state index in [4.69, 9.17) is 10.5 Å². The number of hydrogen-bond donors (Lipinski definition) is 1. The van der Waals surface area contributed by atoms with E-state index in [0.29, 0.717) is 6.54 Å². The molecule has 5 heteroatoms. The molecule has 0 atom stereocenters.